The van der Waals surface area contributed by atoms with Crippen LogP contribution in [-0.4, -0.2) is 22.0 Å². The minimum absolute atomic E-state index is 1.28. The first-order chi connectivity index (χ1) is 5.37. The third-order valence-electron chi connectivity index (χ3n) is 1.17. The van der Waals surface area contributed by atoms with E-state index in [0.717, 1.165) is 0 Å². The van der Waals surface area contributed by atoms with E-state index in [9.17, 15) is 4.57 Å². The predicted octanol–water partition coefficient (Wildman–Crippen LogP) is 2.17. The Morgan fingerprint density at radius 3 is 1.50 bits per heavy atom. The van der Waals surface area contributed by atoms with E-state index in [-0.39, 0.29) is 0 Å². The van der Waals surface area contributed by atoms with Gasteiger partial charge in [0, 0.05) is 0 Å². The molecule has 0 bridgehead atoms. The van der Waals surface area contributed by atoms with Gasteiger partial charge in [0.1, 0.15) is 0 Å². The second kappa shape index (κ2) is 4.50. The number of hydrogen-bond donors (Lipinski definition) is 0. The Kier molecular flexibility index (Phi) is 4.61. The smallest absolute Gasteiger partial charge is 0.262 e. The predicted molar refractivity (Wildman–Crippen MR) is 47.1 cm³/mol. The van der Waals surface area contributed by atoms with Crippen molar-refractivity contribution < 1.29 is 23.7 Å². The highest BCUT2D eigenvalue weighted by atomic mass is 31.4. The Labute approximate surface area is 73.2 Å². The lowest BCUT2D eigenvalue weighted by atomic mass is 11.8. The van der Waals surface area contributed by atoms with Crippen molar-refractivity contribution in [2.45, 2.75) is 19.6 Å². The lowest BCUT2D eigenvalue weighted by Crippen LogP contribution is -2.23. The van der Waals surface area contributed by atoms with Crippen molar-refractivity contribution in [1.29, 1.82) is 0 Å². The first-order valence-corrected chi connectivity index (χ1v) is 9.31. The molecule has 0 aromatic carbocycles. The molecule has 0 N–H and O–H groups in total. The third-order valence-corrected chi connectivity index (χ3v) is 8.88. The molecule has 0 heterocycles. The van der Waals surface area contributed by atoms with Crippen molar-refractivity contribution in [3.05, 3.63) is 0 Å². The summed E-state index contributed by atoms with van der Waals surface area (Å²) in [6.45, 7) is 5.52. The molecule has 0 aliphatic carbocycles. The summed E-state index contributed by atoms with van der Waals surface area (Å²) in [5.74, 6) is 0. The lowest BCUT2D eigenvalue weighted by Gasteiger charge is -2.24. The summed E-state index contributed by atoms with van der Waals surface area (Å²) in [7, 11) is -2.73. The van der Waals surface area contributed by atoms with Crippen LogP contribution >= 0.6 is 7.14 Å². The number of rotatable bonds is 5. The quantitative estimate of drug-likeness (QED) is 0.304. The molecule has 0 amide bonds. The van der Waals surface area contributed by atoms with Gasteiger partial charge in [-0.15, -0.1) is 0 Å². The van der Waals surface area contributed by atoms with Gasteiger partial charge in [-0.25, -0.2) is 9.78 Å². The van der Waals surface area contributed by atoms with E-state index in [0.29, 0.717) is 0 Å². The third kappa shape index (κ3) is 2.97. The van der Waals surface area contributed by atoms with Crippen LogP contribution in [0.5, 0.6) is 0 Å². The van der Waals surface area contributed by atoms with E-state index in [1.54, 1.807) is 0 Å². The topological polar surface area (TPSA) is 54.0 Å². The highest BCUT2D eigenvalue weighted by Gasteiger charge is 2.44. The first kappa shape index (κ1) is 12.3. The van der Waals surface area contributed by atoms with Crippen molar-refractivity contribution in [2.75, 3.05) is 14.2 Å². The van der Waals surface area contributed by atoms with Crippen molar-refractivity contribution in [3.63, 3.8) is 0 Å². The summed E-state index contributed by atoms with van der Waals surface area (Å²) in [4.78, 5) is 8.71. The maximum Gasteiger partial charge on any atom is 0.350 e. The standard InChI is InChI=1S/C5H15O5PSi/c1-7-9-11(6,10-8-2)12(3,4)5/h1-5H3. The van der Waals surface area contributed by atoms with Gasteiger partial charge < -0.3 is 0 Å². The molecule has 0 aliphatic rings. The van der Waals surface area contributed by atoms with Crippen LogP contribution in [0.1, 0.15) is 0 Å². The summed E-state index contributed by atoms with van der Waals surface area (Å²) in [5.41, 5.74) is 0. The first-order valence-electron chi connectivity index (χ1n) is 3.42. The van der Waals surface area contributed by atoms with Crippen LogP contribution in [0.25, 0.3) is 0 Å². The van der Waals surface area contributed by atoms with Gasteiger partial charge in [-0.05, 0) is 0 Å². The van der Waals surface area contributed by atoms with E-state index < -0.39 is 14.9 Å². The zero-order valence-corrected chi connectivity index (χ0v) is 9.88. The molecule has 5 nitrogen and oxygen atoms in total. The molecule has 0 aromatic heterocycles. The molecule has 12 heavy (non-hydrogen) atoms. The maximum atomic E-state index is 11.8. The van der Waals surface area contributed by atoms with Crippen molar-refractivity contribution >= 4 is 14.9 Å². The molecule has 0 spiro atoms. The van der Waals surface area contributed by atoms with E-state index in [4.69, 9.17) is 0 Å². The molecule has 0 aromatic rings. The Morgan fingerprint density at radius 1 is 1.00 bits per heavy atom. The molecule has 0 radical (unpaired) electrons. The summed E-state index contributed by atoms with van der Waals surface area (Å²) in [5, 5.41) is 0. The van der Waals surface area contributed by atoms with E-state index in [2.05, 4.69) is 19.1 Å². The highest BCUT2D eigenvalue weighted by Crippen LogP contribution is 2.57. The van der Waals surface area contributed by atoms with Crippen LogP contribution < -0.4 is 0 Å². The minimum Gasteiger partial charge on any atom is -0.262 e. The Balaban J connectivity index is 4.51. The zero-order valence-electron chi connectivity index (χ0n) is 7.99. The van der Waals surface area contributed by atoms with Crippen LogP contribution in [0, 0.1) is 0 Å². The molecule has 0 saturated heterocycles. The van der Waals surface area contributed by atoms with Gasteiger partial charge in [-0.1, -0.05) is 19.6 Å². The van der Waals surface area contributed by atoms with Gasteiger partial charge in [0.15, 0.2) is 7.74 Å². The van der Waals surface area contributed by atoms with Gasteiger partial charge in [0.25, 0.3) is 0 Å². The average Bonchev–Trinajstić information content (AvgIpc) is 1.86. The van der Waals surface area contributed by atoms with Gasteiger partial charge in [0.05, 0.1) is 14.2 Å². The second-order valence-electron chi connectivity index (χ2n) is 3.15. The monoisotopic (exact) mass is 214 g/mol. The molecule has 0 unspecified atom stereocenters. The van der Waals surface area contributed by atoms with Crippen LogP contribution in [0.2, 0.25) is 19.6 Å². The number of hydrogen-bond acceptors (Lipinski definition) is 5. The summed E-state index contributed by atoms with van der Waals surface area (Å²) < 4.78 is 21.0. The molecule has 0 saturated carbocycles. The van der Waals surface area contributed by atoms with Gasteiger partial charge in [-0.2, -0.15) is 9.35 Å². The lowest BCUT2D eigenvalue weighted by molar-refractivity contribution is -0.237. The fourth-order valence-corrected chi connectivity index (χ4v) is 3.09. The van der Waals surface area contributed by atoms with Crippen LogP contribution in [-0.2, 0) is 23.7 Å². The molecule has 0 rings (SSSR count). The summed E-state index contributed by atoms with van der Waals surface area (Å²) in [6.07, 6.45) is 0. The summed E-state index contributed by atoms with van der Waals surface area (Å²) >= 11 is 0. The molecular weight excluding hydrogens is 199 g/mol. The Morgan fingerprint density at radius 2 is 1.33 bits per heavy atom. The normalized spacial score (nSPS) is 13.4. The average molecular weight is 214 g/mol. The van der Waals surface area contributed by atoms with Crippen LogP contribution in [0.4, 0.5) is 0 Å². The van der Waals surface area contributed by atoms with Gasteiger partial charge in [-0.3, -0.25) is 4.57 Å². The summed E-state index contributed by atoms with van der Waals surface area (Å²) in [6, 6.07) is 0. The molecular formula is C5H15O5PSi. The highest BCUT2D eigenvalue weighted by molar-refractivity contribution is 7.92. The SMILES string of the molecule is COOP(=O)(OOC)[Si](C)(C)C. The van der Waals surface area contributed by atoms with Crippen LogP contribution in [0.15, 0.2) is 0 Å². The van der Waals surface area contributed by atoms with Crippen molar-refractivity contribution in [2.24, 2.45) is 0 Å². The van der Waals surface area contributed by atoms with Crippen LogP contribution in [0.3, 0.4) is 0 Å². The van der Waals surface area contributed by atoms with E-state index >= 15 is 0 Å². The van der Waals surface area contributed by atoms with E-state index in [1.807, 2.05) is 19.6 Å². The second-order valence-corrected chi connectivity index (χ2v) is 14.5. The zero-order chi connectivity index (χ0) is 9.83. The Hall–Kier alpha value is 0.287. The molecule has 74 valence electrons. The Bertz CT molecular complexity index is 167. The van der Waals surface area contributed by atoms with Gasteiger partial charge in [0.2, 0.25) is 0 Å². The molecule has 0 atom stereocenters. The van der Waals surface area contributed by atoms with E-state index in [1.165, 1.54) is 14.2 Å². The minimum atomic E-state index is -3.21. The fraction of sp³-hybridized carbons (Fsp3) is 1.00. The van der Waals surface area contributed by atoms with Crippen molar-refractivity contribution in [3.8, 4) is 0 Å². The largest absolute Gasteiger partial charge is 0.350 e. The molecule has 0 aliphatic heterocycles. The fourth-order valence-electron chi connectivity index (χ4n) is 0.432. The van der Waals surface area contributed by atoms with Crippen molar-refractivity contribution in [1.82, 2.24) is 0 Å². The molecule has 0 fully saturated rings. The maximum absolute atomic E-state index is 11.8. The molecule has 7 heteroatoms. The van der Waals surface area contributed by atoms with Gasteiger partial charge >= 0.3 is 7.14 Å².